The molecule has 0 aromatic rings. The van der Waals surface area contributed by atoms with Crippen LogP contribution in [-0.2, 0) is 9.53 Å². The number of carbonyl (C=O) groups excluding carboxylic acids is 1. The van der Waals surface area contributed by atoms with Crippen LogP contribution in [0.5, 0.6) is 0 Å². The van der Waals surface area contributed by atoms with E-state index in [-0.39, 0.29) is 11.4 Å². The Hall–Kier alpha value is -2.09. The van der Waals surface area contributed by atoms with Crippen LogP contribution in [-0.4, -0.2) is 12.6 Å². The maximum atomic E-state index is 12.8. The van der Waals surface area contributed by atoms with Gasteiger partial charge in [0.25, 0.3) is 0 Å². The van der Waals surface area contributed by atoms with E-state index in [0.717, 1.165) is 41.6 Å². The minimum absolute atomic E-state index is 0.162. The summed E-state index contributed by atoms with van der Waals surface area (Å²) in [6, 6.07) is 0. The molecule has 5 aliphatic rings. The third-order valence-corrected chi connectivity index (χ3v) is 15.5. The molecule has 0 N–H and O–H groups in total. The topological polar surface area (TPSA) is 26.3 Å². The maximum Gasteiger partial charge on any atom is 0.331 e. The summed E-state index contributed by atoms with van der Waals surface area (Å²) in [4.78, 5) is 12.8. The monoisotopic (exact) mass is 683 g/mol. The van der Waals surface area contributed by atoms with Crippen LogP contribution in [0, 0.1) is 57.2 Å². The minimum Gasteiger partial charge on any atom is -0.462 e. The molecule has 50 heavy (non-hydrogen) atoms. The zero-order valence-corrected chi connectivity index (χ0v) is 34.0. The molecular formula is C48H74O2. The van der Waals surface area contributed by atoms with Crippen molar-refractivity contribution in [2.45, 2.75) is 159 Å². The fraction of sp³-hybridized carbons (Fsp3) is 0.729. The van der Waals surface area contributed by atoms with E-state index in [2.05, 4.69) is 92.7 Å². The molecule has 2 nitrogen and oxygen atoms in total. The number of carbonyl (C=O) groups is 1. The van der Waals surface area contributed by atoms with Crippen molar-refractivity contribution < 1.29 is 9.53 Å². The summed E-state index contributed by atoms with van der Waals surface area (Å²) < 4.78 is 5.87. The molecule has 5 aliphatic carbocycles. The molecule has 0 amide bonds. The zero-order valence-electron chi connectivity index (χ0n) is 34.0. The van der Waals surface area contributed by atoms with E-state index in [1.165, 1.54) is 94.6 Å². The molecular weight excluding hydrogens is 609 g/mol. The molecule has 9 atom stereocenters. The lowest BCUT2D eigenvalue weighted by atomic mass is 9.44. The first-order valence-corrected chi connectivity index (χ1v) is 20.9. The minimum atomic E-state index is -0.208. The fourth-order valence-electron chi connectivity index (χ4n) is 11.9. The van der Waals surface area contributed by atoms with E-state index in [9.17, 15) is 4.79 Å². The molecule has 3 fully saturated rings. The van der Waals surface area contributed by atoms with Gasteiger partial charge < -0.3 is 4.74 Å². The second-order valence-electron chi connectivity index (χ2n) is 19.5. The summed E-state index contributed by atoms with van der Waals surface area (Å²) in [6.45, 7) is 24.6. The van der Waals surface area contributed by atoms with Crippen molar-refractivity contribution in [1.82, 2.24) is 0 Å². The van der Waals surface area contributed by atoms with Gasteiger partial charge in [0.15, 0.2) is 0 Å². The van der Waals surface area contributed by atoms with Gasteiger partial charge in [-0.05, 0) is 149 Å². The van der Waals surface area contributed by atoms with E-state index in [1.807, 2.05) is 19.1 Å². The molecule has 3 saturated carbocycles. The van der Waals surface area contributed by atoms with E-state index in [1.54, 1.807) is 11.6 Å². The lowest BCUT2D eigenvalue weighted by Crippen LogP contribution is -2.53. The van der Waals surface area contributed by atoms with Crippen LogP contribution in [0.15, 0.2) is 70.9 Å². The Balaban J connectivity index is 1.12. The van der Waals surface area contributed by atoms with Crippen molar-refractivity contribution in [2.24, 2.45) is 57.2 Å². The standard InChI is InChI=1S/C48H74O2/c1-34(2)14-11-18-38(6)47(9)28-24-43-41-20-19-40-31-39(22-27-46(40,8)42(41)23-29-48(43,47)10)33-50-44(49)30-36(4)16-12-15-35(3)21-26-45(7)25-13-17-37(5)32-45/h12,15-16,19,21,26,30,32,34,38-39,41-43H,11,13-14,17-18,20,22-25,27-29,31,33H2,1-10H3/b16-12+,26-21+,35-15+,36-30+/t38-,39+,41?,42?,43?,45?,46+,47+,48+/m1/s1. The van der Waals surface area contributed by atoms with Crippen LogP contribution in [0.4, 0.5) is 0 Å². The molecule has 0 aliphatic heterocycles. The third kappa shape index (κ3) is 8.41. The highest BCUT2D eigenvalue weighted by molar-refractivity contribution is 5.83. The molecule has 278 valence electrons. The smallest absolute Gasteiger partial charge is 0.331 e. The van der Waals surface area contributed by atoms with Crippen molar-refractivity contribution >= 4 is 5.97 Å². The van der Waals surface area contributed by atoms with E-state index < -0.39 is 0 Å². The van der Waals surface area contributed by atoms with Crippen LogP contribution in [0.1, 0.15) is 159 Å². The van der Waals surface area contributed by atoms with Crippen LogP contribution in [0.3, 0.4) is 0 Å². The van der Waals surface area contributed by atoms with Gasteiger partial charge in [-0.2, -0.15) is 0 Å². The Morgan fingerprint density at radius 2 is 1.70 bits per heavy atom. The number of hydrogen-bond acceptors (Lipinski definition) is 2. The molecule has 0 aromatic carbocycles. The van der Waals surface area contributed by atoms with Crippen LogP contribution in [0.2, 0.25) is 0 Å². The highest BCUT2D eigenvalue weighted by Gasteiger charge is 2.63. The molecule has 0 heterocycles. The first-order chi connectivity index (χ1) is 23.6. The summed E-state index contributed by atoms with van der Waals surface area (Å²) in [5, 5.41) is 0. The summed E-state index contributed by atoms with van der Waals surface area (Å²) in [7, 11) is 0. The van der Waals surface area contributed by atoms with Gasteiger partial charge in [-0.1, -0.05) is 127 Å². The van der Waals surface area contributed by atoms with Gasteiger partial charge in [-0.3, -0.25) is 0 Å². The maximum absolute atomic E-state index is 12.8. The fourth-order valence-corrected chi connectivity index (χ4v) is 11.9. The van der Waals surface area contributed by atoms with Gasteiger partial charge >= 0.3 is 5.97 Å². The average Bonchev–Trinajstić information content (AvgIpc) is 3.33. The van der Waals surface area contributed by atoms with Crippen LogP contribution in [0.25, 0.3) is 0 Å². The molecule has 0 bridgehead atoms. The van der Waals surface area contributed by atoms with Gasteiger partial charge in [0.05, 0.1) is 6.61 Å². The summed E-state index contributed by atoms with van der Waals surface area (Å²) in [5.41, 5.74) is 6.78. The van der Waals surface area contributed by atoms with Crippen LogP contribution < -0.4 is 0 Å². The van der Waals surface area contributed by atoms with Gasteiger partial charge in [-0.15, -0.1) is 0 Å². The molecule has 4 unspecified atom stereocenters. The number of fused-ring (bicyclic) bond motifs is 5. The zero-order chi connectivity index (χ0) is 36.3. The number of hydrogen-bond donors (Lipinski definition) is 0. The largest absolute Gasteiger partial charge is 0.462 e. The summed E-state index contributed by atoms with van der Waals surface area (Å²) in [6.07, 6.45) is 35.9. The number of ether oxygens (including phenoxy) is 1. The van der Waals surface area contributed by atoms with Crippen LogP contribution >= 0.6 is 0 Å². The normalized spacial score (nSPS) is 38.5. The molecule has 0 aromatic heterocycles. The van der Waals surface area contributed by atoms with Crippen molar-refractivity contribution in [3.8, 4) is 0 Å². The predicted octanol–water partition coefficient (Wildman–Crippen LogP) is 13.7. The number of rotatable bonds is 12. The van der Waals surface area contributed by atoms with Gasteiger partial charge in [-0.25, -0.2) is 4.79 Å². The first kappa shape index (κ1) is 39.1. The van der Waals surface area contributed by atoms with Crippen molar-refractivity contribution in [1.29, 1.82) is 0 Å². The Kier molecular flexibility index (Phi) is 12.4. The van der Waals surface area contributed by atoms with Gasteiger partial charge in [0.1, 0.15) is 0 Å². The number of esters is 1. The molecule has 0 radical (unpaired) electrons. The van der Waals surface area contributed by atoms with Crippen molar-refractivity contribution in [3.63, 3.8) is 0 Å². The highest BCUT2D eigenvalue weighted by Crippen LogP contribution is 2.71. The predicted molar refractivity (Wildman–Crippen MR) is 214 cm³/mol. The summed E-state index contributed by atoms with van der Waals surface area (Å²) >= 11 is 0. The lowest BCUT2D eigenvalue weighted by Gasteiger charge is -2.60. The number of allylic oxidation sites excluding steroid dienone is 11. The Morgan fingerprint density at radius 3 is 2.44 bits per heavy atom. The molecule has 0 saturated heterocycles. The third-order valence-electron chi connectivity index (χ3n) is 15.5. The van der Waals surface area contributed by atoms with Gasteiger partial charge in [0, 0.05) is 11.5 Å². The van der Waals surface area contributed by atoms with Crippen molar-refractivity contribution in [2.75, 3.05) is 6.61 Å². The lowest BCUT2D eigenvalue weighted by molar-refractivity contribution is -0.139. The molecule has 5 rings (SSSR count). The highest BCUT2D eigenvalue weighted by atomic mass is 16.5. The second-order valence-corrected chi connectivity index (χ2v) is 19.5. The molecule has 0 spiro atoms. The van der Waals surface area contributed by atoms with Gasteiger partial charge in [0.2, 0.25) is 0 Å². The van der Waals surface area contributed by atoms with Crippen molar-refractivity contribution in [3.05, 3.63) is 70.9 Å². The first-order valence-electron chi connectivity index (χ1n) is 20.9. The Labute approximate surface area is 308 Å². The average molecular weight is 683 g/mol. The second kappa shape index (κ2) is 15.9. The Morgan fingerprint density at radius 1 is 0.940 bits per heavy atom. The van der Waals surface area contributed by atoms with E-state index in [4.69, 9.17) is 4.74 Å². The van der Waals surface area contributed by atoms with E-state index in [0.29, 0.717) is 28.8 Å². The quantitative estimate of drug-likeness (QED) is 0.0886. The Bertz CT molecular complexity index is 1400. The van der Waals surface area contributed by atoms with E-state index >= 15 is 0 Å². The molecule has 2 heteroatoms. The summed E-state index contributed by atoms with van der Waals surface area (Å²) in [5.74, 6) is 4.41. The SMILES string of the molecule is CC1=CC(C)(/C=C/C(C)=C/C=C/C(C)=C/C(=O)OC[C@H]2CC[C@@]3(C)C(=CCC4C3CC[C@@]3(C)C4CC[C@@]3(C)[C@H](C)CCCC(C)C)C2)CCC1.